The molecule has 0 aromatic heterocycles. The molecule has 0 bridgehead atoms. The lowest BCUT2D eigenvalue weighted by Gasteiger charge is -2.26. The van der Waals surface area contributed by atoms with Crippen LogP contribution in [0.4, 0.5) is 0 Å². The van der Waals surface area contributed by atoms with Crippen LogP contribution in [0.1, 0.15) is 12.5 Å². The summed E-state index contributed by atoms with van der Waals surface area (Å²) in [6, 6.07) is 6.56. The van der Waals surface area contributed by atoms with Crippen LogP contribution in [0.15, 0.2) is 22.7 Å². The maximum atomic E-state index is 5.68. The zero-order valence-electron chi connectivity index (χ0n) is 8.22. The van der Waals surface area contributed by atoms with Gasteiger partial charge in [0.1, 0.15) is 12.4 Å². The van der Waals surface area contributed by atoms with Crippen molar-refractivity contribution in [2.24, 2.45) is 0 Å². The Kier molecular flexibility index (Phi) is 3.08. The van der Waals surface area contributed by atoms with Crippen molar-refractivity contribution in [3.05, 3.63) is 28.2 Å². The highest BCUT2D eigenvalue weighted by Crippen LogP contribution is 2.30. The summed E-state index contributed by atoms with van der Waals surface area (Å²) in [5.41, 5.74) is 1.28. The molecule has 0 saturated heterocycles. The van der Waals surface area contributed by atoms with Gasteiger partial charge in [0.05, 0.1) is 0 Å². The minimum atomic E-state index is 0.450. The Labute approximate surface area is 92.8 Å². The van der Waals surface area contributed by atoms with Gasteiger partial charge in [0.25, 0.3) is 0 Å². The number of likely N-dealkylation sites (N-methyl/N-ethyl adjacent to an activating group) is 1. The number of halogens is 1. The van der Waals surface area contributed by atoms with E-state index in [1.54, 1.807) is 0 Å². The third-order valence-corrected chi connectivity index (χ3v) is 3.20. The predicted octanol–water partition coefficient (Wildman–Crippen LogP) is 2.36. The van der Waals surface area contributed by atoms with Crippen LogP contribution in [0, 0.1) is 0 Å². The van der Waals surface area contributed by atoms with E-state index in [-0.39, 0.29) is 0 Å². The van der Waals surface area contributed by atoms with Gasteiger partial charge in [-0.05, 0) is 25.1 Å². The highest BCUT2D eigenvalue weighted by atomic mass is 79.9. The molecular weight excluding hydrogens is 242 g/mol. The quantitative estimate of drug-likeness (QED) is 0.877. The zero-order chi connectivity index (χ0) is 9.97. The third kappa shape index (κ3) is 1.93. The van der Waals surface area contributed by atoms with E-state index in [0.717, 1.165) is 29.8 Å². The fourth-order valence-electron chi connectivity index (χ4n) is 1.79. The number of ether oxygens (including phenoxy) is 1. The molecule has 1 N–H and O–H groups in total. The first-order valence-electron chi connectivity index (χ1n) is 4.95. The molecule has 76 valence electrons. The first-order valence-corrected chi connectivity index (χ1v) is 5.74. The Morgan fingerprint density at radius 3 is 3.21 bits per heavy atom. The molecular formula is C11H14BrNO. The Balaban J connectivity index is 2.20. The van der Waals surface area contributed by atoms with Crippen LogP contribution < -0.4 is 10.1 Å². The van der Waals surface area contributed by atoms with Gasteiger partial charge in [-0.2, -0.15) is 0 Å². The number of hydrogen-bond donors (Lipinski definition) is 1. The second-order valence-electron chi connectivity index (χ2n) is 3.49. The minimum Gasteiger partial charge on any atom is -0.492 e. The molecule has 0 aliphatic carbocycles. The van der Waals surface area contributed by atoms with Gasteiger partial charge >= 0.3 is 0 Å². The van der Waals surface area contributed by atoms with Crippen LogP contribution >= 0.6 is 15.9 Å². The summed E-state index contributed by atoms with van der Waals surface area (Å²) in [6.07, 6.45) is 1.05. The van der Waals surface area contributed by atoms with E-state index in [1.807, 2.05) is 12.1 Å². The summed E-state index contributed by atoms with van der Waals surface area (Å²) in [5.74, 6) is 1.02. The standard InChI is InChI=1S/C11H14BrNO/c1-2-13-8-6-9-10(12)4-3-5-11(9)14-7-8/h3-5,8,13H,2,6-7H2,1H3. The Morgan fingerprint density at radius 1 is 1.57 bits per heavy atom. The summed E-state index contributed by atoms with van der Waals surface area (Å²) in [6.45, 7) is 3.89. The van der Waals surface area contributed by atoms with E-state index in [0.29, 0.717) is 6.04 Å². The number of fused-ring (bicyclic) bond motifs is 1. The van der Waals surface area contributed by atoms with Crippen LogP contribution in [-0.2, 0) is 6.42 Å². The predicted molar refractivity (Wildman–Crippen MR) is 60.8 cm³/mol. The van der Waals surface area contributed by atoms with Crippen LogP contribution in [0.3, 0.4) is 0 Å². The molecule has 2 rings (SSSR count). The van der Waals surface area contributed by atoms with Crippen molar-refractivity contribution in [2.45, 2.75) is 19.4 Å². The first kappa shape index (κ1) is 9.99. The van der Waals surface area contributed by atoms with Gasteiger partial charge < -0.3 is 10.1 Å². The zero-order valence-corrected chi connectivity index (χ0v) is 9.80. The Morgan fingerprint density at radius 2 is 2.43 bits per heavy atom. The monoisotopic (exact) mass is 255 g/mol. The molecule has 1 aliphatic heterocycles. The fraction of sp³-hybridized carbons (Fsp3) is 0.455. The maximum Gasteiger partial charge on any atom is 0.123 e. The number of hydrogen-bond acceptors (Lipinski definition) is 2. The summed E-state index contributed by atoms with van der Waals surface area (Å²) >= 11 is 3.55. The van der Waals surface area contributed by atoms with Gasteiger partial charge in [0.15, 0.2) is 0 Å². The molecule has 3 heteroatoms. The maximum absolute atomic E-state index is 5.68. The van der Waals surface area contributed by atoms with E-state index in [9.17, 15) is 0 Å². The van der Waals surface area contributed by atoms with Gasteiger partial charge in [0.2, 0.25) is 0 Å². The van der Waals surface area contributed by atoms with E-state index in [1.165, 1.54) is 5.56 Å². The molecule has 2 nitrogen and oxygen atoms in total. The van der Waals surface area contributed by atoms with Crippen molar-refractivity contribution in [3.8, 4) is 5.75 Å². The molecule has 0 radical (unpaired) electrons. The van der Waals surface area contributed by atoms with Crippen molar-refractivity contribution in [1.29, 1.82) is 0 Å². The Hall–Kier alpha value is -0.540. The molecule has 0 saturated carbocycles. The van der Waals surface area contributed by atoms with Crippen LogP contribution in [0.5, 0.6) is 5.75 Å². The van der Waals surface area contributed by atoms with Gasteiger partial charge in [-0.15, -0.1) is 0 Å². The molecule has 0 fully saturated rings. The van der Waals surface area contributed by atoms with E-state index < -0.39 is 0 Å². The summed E-state index contributed by atoms with van der Waals surface area (Å²) in [7, 11) is 0. The second-order valence-corrected chi connectivity index (χ2v) is 4.34. The molecule has 14 heavy (non-hydrogen) atoms. The highest BCUT2D eigenvalue weighted by molar-refractivity contribution is 9.10. The van der Waals surface area contributed by atoms with Gasteiger partial charge in [-0.1, -0.05) is 28.9 Å². The third-order valence-electron chi connectivity index (χ3n) is 2.46. The van der Waals surface area contributed by atoms with E-state index in [4.69, 9.17) is 4.74 Å². The molecule has 0 spiro atoms. The van der Waals surface area contributed by atoms with Crippen LogP contribution in [0.2, 0.25) is 0 Å². The summed E-state index contributed by atoms with van der Waals surface area (Å²) < 4.78 is 6.83. The van der Waals surface area contributed by atoms with Crippen molar-refractivity contribution in [1.82, 2.24) is 5.32 Å². The van der Waals surface area contributed by atoms with Crippen molar-refractivity contribution >= 4 is 15.9 Å². The molecule has 1 aromatic carbocycles. The normalized spacial score (nSPS) is 20.0. The van der Waals surface area contributed by atoms with E-state index in [2.05, 4.69) is 34.2 Å². The lowest BCUT2D eigenvalue weighted by molar-refractivity contribution is 0.240. The average Bonchev–Trinajstić information content (AvgIpc) is 2.20. The Bertz CT molecular complexity index is 327. The lowest BCUT2D eigenvalue weighted by atomic mass is 10.0. The average molecular weight is 256 g/mol. The smallest absolute Gasteiger partial charge is 0.123 e. The van der Waals surface area contributed by atoms with Crippen LogP contribution in [0.25, 0.3) is 0 Å². The van der Waals surface area contributed by atoms with Gasteiger partial charge in [-0.3, -0.25) is 0 Å². The fourth-order valence-corrected chi connectivity index (χ4v) is 2.30. The molecule has 1 atom stereocenters. The molecule has 1 aromatic rings. The summed E-state index contributed by atoms with van der Waals surface area (Å²) in [5, 5.41) is 3.41. The molecule has 0 amide bonds. The van der Waals surface area contributed by atoms with E-state index >= 15 is 0 Å². The lowest BCUT2D eigenvalue weighted by Crippen LogP contribution is -2.39. The van der Waals surface area contributed by atoms with Crippen molar-refractivity contribution in [3.63, 3.8) is 0 Å². The largest absolute Gasteiger partial charge is 0.492 e. The van der Waals surface area contributed by atoms with Crippen molar-refractivity contribution < 1.29 is 4.74 Å². The van der Waals surface area contributed by atoms with Crippen LogP contribution in [-0.4, -0.2) is 19.2 Å². The number of rotatable bonds is 2. The SMILES string of the molecule is CCNC1COc2cccc(Br)c2C1. The topological polar surface area (TPSA) is 21.3 Å². The number of benzene rings is 1. The second kappa shape index (κ2) is 4.32. The van der Waals surface area contributed by atoms with Crippen molar-refractivity contribution in [2.75, 3.05) is 13.2 Å². The summed E-state index contributed by atoms with van der Waals surface area (Å²) in [4.78, 5) is 0. The first-order chi connectivity index (χ1) is 6.81. The highest BCUT2D eigenvalue weighted by Gasteiger charge is 2.20. The molecule has 1 aliphatic rings. The van der Waals surface area contributed by atoms with Gasteiger partial charge in [-0.25, -0.2) is 0 Å². The molecule has 1 unspecified atom stereocenters. The molecule has 1 heterocycles. The minimum absolute atomic E-state index is 0.450. The van der Waals surface area contributed by atoms with Gasteiger partial charge in [0, 0.05) is 16.1 Å². The number of nitrogens with one attached hydrogen (secondary N) is 1.